The van der Waals surface area contributed by atoms with E-state index in [9.17, 15) is 0 Å². The third-order valence-electron chi connectivity index (χ3n) is 3.11. The first kappa shape index (κ1) is 14.1. The van der Waals surface area contributed by atoms with E-state index < -0.39 is 0 Å². The van der Waals surface area contributed by atoms with Crippen LogP contribution in [-0.2, 0) is 0 Å². The number of fused-ring (bicyclic) bond motifs is 1. The van der Waals surface area contributed by atoms with Crippen LogP contribution in [0.25, 0.3) is 22.3 Å². The Labute approximate surface area is 132 Å². The first-order chi connectivity index (χ1) is 10.2. The molecule has 0 radical (unpaired) electrons. The third-order valence-corrected chi connectivity index (χ3v) is 3.59. The lowest BCUT2D eigenvalue weighted by molar-refractivity contribution is 1.14. The molecule has 3 rings (SSSR count). The van der Waals surface area contributed by atoms with Gasteiger partial charge in [0.25, 0.3) is 0 Å². The lowest BCUT2D eigenvalue weighted by Crippen LogP contribution is -2.02. The van der Waals surface area contributed by atoms with E-state index in [0.717, 1.165) is 28.8 Å². The van der Waals surface area contributed by atoms with Gasteiger partial charge in [-0.05, 0) is 49.4 Å². The van der Waals surface area contributed by atoms with E-state index in [-0.39, 0.29) is 0 Å². The molecule has 0 bridgehead atoms. The Balaban J connectivity index is 2.21. The van der Waals surface area contributed by atoms with Crippen LogP contribution in [0.2, 0.25) is 10.0 Å². The highest BCUT2D eigenvalue weighted by Crippen LogP contribution is 2.27. The summed E-state index contributed by atoms with van der Waals surface area (Å²) >= 11 is 12.0. The first-order valence-electron chi connectivity index (χ1n) is 6.64. The quantitative estimate of drug-likeness (QED) is 0.735. The second kappa shape index (κ2) is 5.88. The predicted molar refractivity (Wildman–Crippen MR) is 89.2 cm³/mol. The molecule has 0 aliphatic carbocycles. The normalized spacial score (nSPS) is 10.8. The summed E-state index contributed by atoms with van der Waals surface area (Å²) in [7, 11) is 0. The number of benzene rings is 2. The van der Waals surface area contributed by atoms with Crippen LogP contribution in [0.15, 0.2) is 42.5 Å². The second-order valence-corrected chi connectivity index (χ2v) is 5.47. The molecule has 3 aromatic rings. The maximum atomic E-state index is 6.07. The van der Waals surface area contributed by atoms with Crippen molar-refractivity contribution in [3.63, 3.8) is 0 Å². The number of hydrogen-bond acceptors (Lipinski definition) is 3. The molecule has 5 heteroatoms. The Hall–Kier alpha value is -1.84. The third kappa shape index (κ3) is 2.94. The molecule has 0 atom stereocenters. The Morgan fingerprint density at radius 3 is 2.38 bits per heavy atom. The molecule has 0 fully saturated rings. The van der Waals surface area contributed by atoms with Crippen LogP contribution in [-0.4, -0.2) is 16.5 Å². The molecule has 0 unspecified atom stereocenters. The van der Waals surface area contributed by atoms with E-state index in [2.05, 4.69) is 15.3 Å². The van der Waals surface area contributed by atoms with Crippen molar-refractivity contribution < 1.29 is 0 Å². The van der Waals surface area contributed by atoms with Gasteiger partial charge < -0.3 is 5.32 Å². The maximum Gasteiger partial charge on any atom is 0.162 e. The smallest absolute Gasteiger partial charge is 0.162 e. The van der Waals surface area contributed by atoms with Crippen molar-refractivity contribution in [1.29, 1.82) is 0 Å². The van der Waals surface area contributed by atoms with E-state index in [0.29, 0.717) is 15.9 Å². The second-order valence-electron chi connectivity index (χ2n) is 4.59. The summed E-state index contributed by atoms with van der Waals surface area (Å²) in [5, 5.41) is 5.58. The molecule has 1 N–H and O–H groups in total. The van der Waals surface area contributed by atoms with Crippen LogP contribution in [0.4, 0.5) is 5.82 Å². The standard InChI is InChI=1S/C16H13Cl2N3/c1-2-19-16-13-8-7-12(18)9-14(13)20-15(21-16)10-3-5-11(17)6-4-10/h3-9H,2H2,1H3,(H,19,20,21). The number of nitrogens with one attached hydrogen (secondary N) is 1. The highest BCUT2D eigenvalue weighted by Gasteiger charge is 2.09. The molecule has 21 heavy (non-hydrogen) atoms. The fourth-order valence-corrected chi connectivity index (χ4v) is 2.43. The van der Waals surface area contributed by atoms with Gasteiger partial charge in [-0.15, -0.1) is 0 Å². The minimum absolute atomic E-state index is 0.650. The summed E-state index contributed by atoms with van der Waals surface area (Å²) in [6.45, 7) is 2.82. The largest absolute Gasteiger partial charge is 0.370 e. The van der Waals surface area contributed by atoms with Crippen molar-refractivity contribution in [3.05, 3.63) is 52.5 Å². The number of nitrogens with zero attached hydrogens (tertiary/aromatic N) is 2. The number of aromatic nitrogens is 2. The fraction of sp³-hybridized carbons (Fsp3) is 0.125. The molecule has 0 spiro atoms. The van der Waals surface area contributed by atoms with Crippen LogP contribution in [0.3, 0.4) is 0 Å². The molecule has 2 aromatic carbocycles. The van der Waals surface area contributed by atoms with Gasteiger partial charge in [0.15, 0.2) is 5.82 Å². The van der Waals surface area contributed by atoms with Crippen LogP contribution in [0, 0.1) is 0 Å². The van der Waals surface area contributed by atoms with Gasteiger partial charge in [0.2, 0.25) is 0 Å². The van der Waals surface area contributed by atoms with Crippen molar-refractivity contribution >= 4 is 39.9 Å². The summed E-state index contributed by atoms with van der Waals surface area (Å²) in [4.78, 5) is 9.21. The zero-order valence-corrected chi connectivity index (χ0v) is 12.9. The minimum atomic E-state index is 0.650. The molecule has 0 saturated heterocycles. The molecule has 0 aliphatic rings. The Morgan fingerprint density at radius 1 is 0.952 bits per heavy atom. The Kier molecular flexibility index (Phi) is 3.95. The molecule has 0 amide bonds. The molecule has 106 valence electrons. The minimum Gasteiger partial charge on any atom is -0.370 e. The summed E-state index contributed by atoms with van der Waals surface area (Å²) in [5.74, 6) is 1.46. The monoisotopic (exact) mass is 317 g/mol. The lowest BCUT2D eigenvalue weighted by Gasteiger charge is -2.10. The van der Waals surface area contributed by atoms with Crippen LogP contribution >= 0.6 is 23.2 Å². The lowest BCUT2D eigenvalue weighted by atomic mass is 10.2. The molecular formula is C16H13Cl2N3. The Morgan fingerprint density at radius 2 is 1.67 bits per heavy atom. The fourth-order valence-electron chi connectivity index (χ4n) is 2.13. The zero-order valence-electron chi connectivity index (χ0n) is 11.4. The van der Waals surface area contributed by atoms with Crippen LogP contribution in [0.5, 0.6) is 0 Å². The van der Waals surface area contributed by atoms with Crippen molar-refractivity contribution in [3.8, 4) is 11.4 Å². The molecule has 3 nitrogen and oxygen atoms in total. The van der Waals surface area contributed by atoms with Gasteiger partial charge in [0.1, 0.15) is 5.82 Å². The number of hydrogen-bond donors (Lipinski definition) is 1. The maximum absolute atomic E-state index is 6.07. The van der Waals surface area contributed by atoms with Crippen LogP contribution < -0.4 is 5.32 Å². The van der Waals surface area contributed by atoms with Gasteiger partial charge in [-0.3, -0.25) is 0 Å². The van der Waals surface area contributed by atoms with Gasteiger partial charge >= 0.3 is 0 Å². The summed E-state index contributed by atoms with van der Waals surface area (Å²) in [5.41, 5.74) is 1.74. The number of rotatable bonds is 3. The number of anilines is 1. The predicted octanol–water partition coefficient (Wildman–Crippen LogP) is 5.04. The van der Waals surface area contributed by atoms with Gasteiger partial charge in [-0.1, -0.05) is 23.2 Å². The van der Waals surface area contributed by atoms with Gasteiger partial charge in [-0.25, -0.2) is 9.97 Å². The summed E-state index contributed by atoms with van der Waals surface area (Å²) < 4.78 is 0. The van der Waals surface area contributed by atoms with Gasteiger partial charge in [-0.2, -0.15) is 0 Å². The molecule has 1 aromatic heterocycles. The first-order valence-corrected chi connectivity index (χ1v) is 7.40. The summed E-state index contributed by atoms with van der Waals surface area (Å²) in [6.07, 6.45) is 0. The topological polar surface area (TPSA) is 37.8 Å². The van der Waals surface area contributed by atoms with Crippen molar-refractivity contribution in [2.45, 2.75) is 6.92 Å². The number of halogens is 2. The van der Waals surface area contributed by atoms with Gasteiger partial charge in [0, 0.05) is 27.5 Å². The highest BCUT2D eigenvalue weighted by molar-refractivity contribution is 6.31. The van der Waals surface area contributed by atoms with Crippen LogP contribution in [0.1, 0.15) is 6.92 Å². The summed E-state index contributed by atoms with van der Waals surface area (Å²) in [6, 6.07) is 13.1. The molecule has 1 heterocycles. The van der Waals surface area contributed by atoms with Crippen molar-refractivity contribution in [2.24, 2.45) is 0 Å². The van der Waals surface area contributed by atoms with Crippen molar-refractivity contribution in [1.82, 2.24) is 9.97 Å². The SMILES string of the molecule is CCNc1nc(-c2ccc(Cl)cc2)nc2cc(Cl)ccc12. The average molecular weight is 318 g/mol. The molecular weight excluding hydrogens is 305 g/mol. The van der Waals surface area contributed by atoms with Crippen molar-refractivity contribution in [2.75, 3.05) is 11.9 Å². The van der Waals surface area contributed by atoms with E-state index in [1.54, 1.807) is 0 Å². The van der Waals surface area contributed by atoms with E-state index in [1.165, 1.54) is 0 Å². The van der Waals surface area contributed by atoms with E-state index in [1.807, 2.05) is 49.4 Å². The van der Waals surface area contributed by atoms with Gasteiger partial charge in [0.05, 0.1) is 5.52 Å². The zero-order chi connectivity index (χ0) is 14.8. The Bertz CT molecular complexity index is 785. The molecule has 0 aliphatic heterocycles. The van der Waals surface area contributed by atoms with E-state index in [4.69, 9.17) is 23.2 Å². The van der Waals surface area contributed by atoms with E-state index >= 15 is 0 Å². The molecule has 0 saturated carbocycles. The average Bonchev–Trinajstić information content (AvgIpc) is 2.47. The highest BCUT2D eigenvalue weighted by atomic mass is 35.5.